The standard InChI is InChI=1S/C17H22N2O2/c1-11(2)19-16(15(21-3)10-18-19)17(20)14-9-13(14)12-7-5-4-6-8-12/h4-8,10-11,13-14,17,20H,9H2,1-3H3. The van der Waals surface area contributed by atoms with Crippen molar-refractivity contribution in [2.75, 3.05) is 7.11 Å². The van der Waals surface area contributed by atoms with Crippen LogP contribution >= 0.6 is 0 Å². The van der Waals surface area contributed by atoms with Crippen LogP contribution in [0.3, 0.4) is 0 Å². The van der Waals surface area contributed by atoms with E-state index in [-0.39, 0.29) is 12.0 Å². The highest BCUT2D eigenvalue weighted by atomic mass is 16.5. The Morgan fingerprint density at radius 1 is 1.29 bits per heavy atom. The molecule has 0 radical (unpaired) electrons. The number of aliphatic hydroxyl groups is 1. The molecule has 0 bridgehead atoms. The highest BCUT2D eigenvalue weighted by Crippen LogP contribution is 2.55. The lowest BCUT2D eigenvalue weighted by atomic mass is 10.0. The second kappa shape index (κ2) is 5.53. The molecule has 4 heteroatoms. The van der Waals surface area contributed by atoms with E-state index in [4.69, 9.17) is 4.74 Å². The van der Waals surface area contributed by atoms with Crippen molar-refractivity contribution < 1.29 is 9.84 Å². The quantitative estimate of drug-likeness (QED) is 0.917. The first kappa shape index (κ1) is 14.1. The first-order chi connectivity index (χ1) is 10.1. The Morgan fingerprint density at radius 3 is 2.62 bits per heavy atom. The van der Waals surface area contributed by atoms with Crippen LogP contribution in [-0.2, 0) is 0 Å². The van der Waals surface area contributed by atoms with Gasteiger partial charge in [0.25, 0.3) is 0 Å². The first-order valence-corrected chi connectivity index (χ1v) is 7.48. The first-order valence-electron chi connectivity index (χ1n) is 7.48. The molecule has 1 fully saturated rings. The zero-order chi connectivity index (χ0) is 15.0. The summed E-state index contributed by atoms with van der Waals surface area (Å²) in [6.45, 7) is 4.12. The number of aromatic nitrogens is 2. The third-order valence-corrected chi connectivity index (χ3v) is 4.26. The molecule has 1 aliphatic rings. The third kappa shape index (κ3) is 2.56. The lowest BCUT2D eigenvalue weighted by Gasteiger charge is -2.17. The van der Waals surface area contributed by atoms with Crippen LogP contribution in [-0.4, -0.2) is 22.0 Å². The van der Waals surface area contributed by atoms with Crippen molar-refractivity contribution in [3.05, 3.63) is 47.8 Å². The zero-order valence-electron chi connectivity index (χ0n) is 12.7. The Balaban J connectivity index is 1.84. The summed E-state index contributed by atoms with van der Waals surface area (Å²) in [5.74, 6) is 1.35. The van der Waals surface area contributed by atoms with Gasteiger partial charge in [-0.3, -0.25) is 4.68 Å². The molecule has 1 aromatic carbocycles. The summed E-state index contributed by atoms with van der Waals surface area (Å²) in [6, 6.07) is 10.6. The Labute approximate surface area is 125 Å². The Morgan fingerprint density at radius 2 is 2.00 bits per heavy atom. The van der Waals surface area contributed by atoms with Crippen molar-refractivity contribution in [1.82, 2.24) is 9.78 Å². The minimum absolute atomic E-state index is 0.201. The van der Waals surface area contributed by atoms with Crippen LogP contribution in [0.2, 0.25) is 0 Å². The molecule has 21 heavy (non-hydrogen) atoms. The van der Waals surface area contributed by atoms with Crippen LogP contribution in [0.5, 0.6) is 5.75 Å². The lowest BCUT2D eigenvalue weighted by molar-refractivity contribution is 0.135. The van der Waals surface area contributed by atoms with E-state index < -0.39 is 6.10 Å². The van der Waals surface area contributed by atoms with Crippen molar-refractivity contribution in [3.63, 3.8) is 0 Å². The largest absolute Gasteiger partial charge is 0.493 e. The van der Waals surface area contributed by atoms with Gasteiger partial charge in [0, 0.05) is 6.04 Å². The minimum atomic E-state index is -0.532. The van der Waals surface area contributed by atoms with Gasteiger partial charge in [0.2, 0.25) is 0 Å². The molecule has 0 saturated heterocycles. The second-order valence-electron chi connectivity index (χ2n) is 6.00. The topological polar surface area (TPSA) is 47.3 Å². The molecule has 0 aliphatic heterocycles. The van der Waals surface area contributed by atoms with E-state index in [2.05, 4.69) is 43.2 Å². The fraction of sp³-hybridized carbons (Fsp3) is 0.471. The number of benzene rings is 1. The number of methoxy groups -OCH3 is 1. The van der Waals surface area contributed by atoms with Gasteiger partial charge < -0.3 is 9.84 Å². The summed E-state index contributed by atoms with van der Waals surface area (Å²) in [7, 11) is 1.62. The average Bonchev–Trinajstić information content (AvgIpc) is 3.18. The molecule has 1 heterocycles. The van der Waals surface area contributed by atoms with E-state index >= 15 is 0 Å². The van der Waals surface area contributed by atoms with Crippen molar-refractivity contribution in [2.24, 2.45) is 5.92 Å². The maximum atomic E-state index is 10.8. The molecule has 1 N–H and O–H groups in total. The van der Waals surface area contributed by atoms with E-state index in [0.29, 0.717) is 11.7 Å². The average molecular weight is 286 g/mol. The van der Waals surface area contributed by atoms with Gasteiger partial charge in [-0.25, -0.2) is 0 Å². The summed E-state index contributed by atoms with van der Waals surface area (Å²) in [4.78, 5) is 0. The van der Waals surface area contributed by atoms with Gasteiger partial charge >= 0.3 is 0 Å². The van der Waals surface area contributed by atoms with Crippen molar-refractivity contribution in [2.45, 2.75) is 38.3 Å². The minimum Gasteiger partial charge on any atom is -0.493 e. The summed E-state index contributed by atoms with van der Waals surface area (Å²) < 4.78 is 7.24. The van der Waals surface area contributed by atoms with Gasteiger partial charge in [0.1, 0.15) is 11.8 Å². The Hall–Kier alpha value is -1.81. The number of hydrogen-bond donors (Lipinski definition) is 1. The fourth-order valence-corrected chi connectivity index (χ4v) is 3.06. The molecule has 4 nitrogen and oxygen atoms in total. The number of rotatable bonds is 5. The van der Waals surface area contributed by atoms with Gasteiger partial charge in [-0.1, -0.05) is 30.3 Å². The van der Waals surface area contributed by atoms with Crippen LogP contribution in [0.25, 0.3) is 0 Å². The van der Waals surface area contributed by atoms with Gasteiger partial charge in [-0.05, 0) is 37.7 Å². The number of ether oxygens (including phenoxy) is 1. The summed E-state index contributed by atoms with van der Waals surface area (Å²) >= 11 is 0. The van der Waals surface area contributed by atoms with Gasteiger partial charge in [0.15, 0.2) is 5.75 Å². The summed E-state index contributed by atoms with van der Waals surface area (Å²) in [5, 5.41) is 15.1. The maximum absolute atomic E-state index is 10.8. The van der Waals surface area contributed by atoms with Crippen LogP contribution in [0, 0.1) is 5.92 Å². The highest BCUT2D eigenvalue weighted by Gasteiger charge is 2.45. The molecule has 2 aromatic rings. The zero-order valence-corrected chi connectivity index (χ0v) is 12.7. The molecule has 3 unspecified atom stereocenters. The molecule has 112 valence electrons. The van der Waals surface area contributed by atoms with Gasteiger partial charge in [-0.15, -0.1) is 0 Å². The summed E-state index contributed by atoms with van der Waals surface area (Å²) in [5.41, 5.74) is 2.10. The molecule has 1 aromatic heterocycles. The molecular formula is C17H22N2O2. The van der Waals surface area contributed by atoms with Gasteiger partial charge in [-0.2, -0.15) is 5.10 Å². The third-order valence-electron chi connectivity index (χ3n) is 4.26. The van der Waals surface area contributed by atoms with Crippen LogP contribution in [0.1, 0.15) is 49.6 Å². The highest BCUT2D eigenvalue weighted by molar-refractivity contribution is 5.33. The molecule has 1 aliphatic carbocycles. The molecule has 1 saturated carbocycles. The number of hydrogen-bond acceptors (Lipinski definition) is 3. The van der Waals surface area contributed by atoms with E-state index in [1.165, 1.54) is 5.56 Å². The number of nitrogens with zero attached hydrogens (tertiary/aromatic N) is 2. The SMILES string of the molecule is COc1cnn(C(C)C)c1C(O)C1CC1c1ccccc1. The van der Waals surface area contributed by atoms with E-state index in [1.54, 1.807) is 13.3 Å². The summed E-state index contributed by atoms with van der Waals surface area (Å²) in [6.07, 6.45) is 2.17. The molecular weight excluding hydrogens is 264 g/mol. The van der Waals surface area contributed by atoms with E-state index in [0.717, 1.165) is 12.1 Å². The second-order valence-corrected chi connectivity index (χ2v) is 6.00. The Kier molecular flexibility index (Phi) is 3.72. The smallest absolute Gasteiger partial charge is 0.162 e. The van der Waals surface area contributed by atoms with Crippen LogP contribution in [0.4, 0.5) is 0 Å². The molecule has 3 rings (SSSR count). The molecule has 3 atom stereocenters. The fourth-order valence-electron chi connectivity index (χ4n) is 3.06. The molecule has 0 spiro atoms. The monoisotopic (exact) mass is 286 g/mol. The number of aliphatic hydroxyl groups excluding tert-OH is 1. The van der Waals surface area contributed by atoms with Gasteiger partial charge in [0.05, 0.1) is 13.3 Å². The van der Waals surface area contributed by atoms with Crippen LogP contribution in [0.15, 0.2) is 36.5 Å². The predicted octanol–water partition coefficient (Wildman–Crippen LogP) is 3.31. The maximum Gasteiger partial charge on any atom is 0.162 e. The van der Waals surface area contributed by atoms with Crippen molar-refractivity contribution in [3.8, 4) is 5.75 Å². The normalized spacial score (nSPS) is 22.3. The Bertz CT molecular complexity index is 607. The molecule has 0 amide bonds. The van der Waals surface area contributed by atoms with E-state index in [9.17, 15) is 5.11 Å². The predicted molar refractivity (Wildman–Crippen MR) is 81.4 cm³/mol. The van der Waals surface area contributed by atoms with Crippen LogP contribution < -0.4 is 4.74 Å². The lowest BCUT2D eigenvalue weighted by Crippen LogP contribution is -2.14. The van der Waals surface area contributed by atoms with Crippen molar-refractivity contribution >= 4 is 0 Å². The van der Waals surface area contributed by atoms with Crippen molar-refractivity contribution in [1.29, 1.82) is 0 Å². The van der Waals surface area contributed by atoms with E-state index in [1.807, 2.05) is 10.7 Å².